The summed E-state index contributed by atoms with van der Waals surface area (Å²) in [5.74, 6) is 0. The highest BCUT2D eigenvalue weighted by Gasteiger charge is 2.43. The van der Waals surface area contributed by atoms with E-state index in [2.05, 4.69) is 33.7 Å². The van der Waals surface area contributed by atoms with Crippen LogP contribution in [0.25, 0.3) is 0 Å². The standard InChI is InChI=1S/C17H32N4/c1-18-7-3-17(4-8-18)5-9-20(10-6-17)16-13-21(14-16)15-11-19(2)12-15/h15-16H,3-14H2,1-2H3. The first kappa shape index (κ1) is 14.4. The number of likely N-dealkylation sites (tertiary alicyclic amines) is 4. The van der Waals surface area contributed by atoms with Crippen molar-refractivity contribution in [3.63, 3.8) is 0 Å². The van der Waals surface area contributed by atoms with Crippen LogP contribution in [0.3, 0.4) is 0 Å². The second-order valence-electron chi connectivity index (χ2n) is 8.32. The van der Waals surface area contributed by atoms with E-state index >= 15 is 0 Å². The average molecular weight is 292 g/mol. The Balaban J connectivity index is 1.22. The van der Waals surface area contributed by atoms with Gasteiger partial charge in [-0.15, -0.1) is 0 Å². The van der Waals surface area contributed by atoms with Gasteiger partial charge in [0.15, 0.2) is 0 Å². The van der Waals surface area contributed by atoms with Crippen LogP contribution in [-0.4, -0.2) is 98.1 Å². The van der Waals surface area contributed by atoms with Crippen LogP contribution in [-0.2, 0) is 0 Å². The first-order valence-electron chi connectivity index (χ1n) is 8.99. The van der Waals surface area contributed by atoms with Crippen LogP contribution in [0, 0.1) is 5.41 Å². The van der Waals surface area contributed by atoms with Gasteiger partial charge >= 0.3 is 0 Å². The van der Waals surface area contributed by atoms with E-state index in [0.717, 1.165) is 12.1 Å². The van der Waals surface area contributed by atoms with E-state index in [4.69, 9.17) is 0 Å². The zero-order valence-electron chi connectivity index (χ0n) is 13.9. The Kier molecular flexibility index (Phi) is 3.77. The predicted molar refractivity (Wildman–Crippen MR) is 86.6 cm³/mol. The second-order valence-corrected chi connectivity index (χ2v) is 8.32. The van der Waals surface area contributed by atoms with Gasteiger partial charge in [0.25, 0.3) is 0 Å². The maximum Gasteiger partial charge on any atom is 0.0351 e. The van der Waals surface area contributed by atoms with Gasteiger partial charge in [0, 0.05) is 38.3 Å². The molecule has 4 aliphatic rings. The van der Waals surface area contributed by atoms with E-state index in [-0.39, 0.29) is 0 Å². The van der Waals surface area contributed by atoms with Gasteiger partial charge in [-0.2, -0.15) is 0 Å². The van der Waals surface area contributed by atoms with Crippen LogP contribution in [0.15, 0.2) is 0 Å². The first-order chi connectivity index (χ1) is 10.1. The lowest BCUT2D eigenvalue weighted by Gasteiger charge is -2.56. The molecule has 0 aromatic rings. The highest BCUT2D eigenvalue weighted by atomic mass is 15.4. The third-order valence-corrected chi connectivity index (χ3v) is 6.87. The van der Waals surface area contributed by atoms with Crippen molar-refractivity contribution < 1.29 is 0 Å². The van der Waals surface area contributed by atoms with Crippen LogP contribution in [0.4, 0.5) is 0 Å². The van der Waals surface area contributed by atoms with E-state index in [0.29, 0.717) is 5.41 Å². The molecule has 0 aromatic heterocycles. The number of hydrogen-bond acceptors (Lipinski definition) is 4. The molecule has 4 heteroatoms. The number of nitrogens with zero attached hydrogens (tertiary/aromatic N) is 4. The molecule has 0 amide bonds. The molecule has 4 heterocycles. The molecule has 4 aliphatic heterocycles. The SMILES string of the molecule is CN1CCC2(CC1)CCN(C1CN(C3CN(C)C3)C1)CC2. The lowest BCUT2D eigenvalue weighted by molar-refractivity contribution is -0.0635. The smallest absolute Gasteiger partial charge is 0.0351 e. The summed E-state index contributed by atoms with van der Waals surface area (Å²) in [5.41, 5.74) is 0.711. The van der Waals surface area contributed by atoms with Gasteiger partial charge in [-0.3, -0.25) is 9.80 Å². The molecule has 21 heavy (non-hydrogen) atoms. The fraction of sp³-hybridized carbons (Fsp3) is 1.00. The number of rotatable bonds is 2. The topological polar surface area (TPSA) is 13.0 Å². The molecular formula is C17H32N4. The van der Waals surface area contributed by atoms with E-state index in [1.165, 1.54) is 78.0 Å². The summed E-state index contributed by atoms with van der Waals surface area (Å²) in [5, 5.41) is 0. The third kappa shape index (κ3) is 2.76. The Labute approximate surface area is 130 Å². The minimum atomic E-state index is 0.711. The first-order valence-corrected chi connectivity index (χ1v) is 8.99. The summed E-state index contributed by atoms with van der Waals surface area (Å²) in [7, 11) is 4.52. The molecule has 0 atom stereocenters. The Bertz CT molecular complexity index is 355. The van der Waals surface area contributed by atoms with E-state index in [9.17, 15) is 0 Å². The van der Waals surface area contributed by atoms with Crippen molar-refractivity contribution in [1.82, 2.24) is 19.6 Å². The second kappa shape index (κ2) is 5.48. The highest BCUT2D eigenvalue weighted by Crippen LogP contribution is 2.41. The maximum atomic E-state index is 2.81. The van der Waals surface area contributed by atoms with E-state index in [1.54, 1.807) is 0 Å². The summed E-state index contributed by atoms with van der Waals surface area (Å²) >= 11 is 0. The van der Waals surface area contributed by atoms with Gasteiger partial charge in [0.2, 0.25) is 0 Å². The van der Waals surface area contributed by atoms with Crippen LogP contribution in [0.2, 0.25) is 0 Å². The normalized spacial score (nSPS) is 34.0. The molecule has 120 valence electrons. The Morgan fingerprint density at radius 2 is 1.14 bits per heavy atom. The molecule has 0 radical (unpaired) electrons. The fourth-order valence-corrected chi connectivity index (χ4v) is 4.87. The van der Waals surface area contributed by atoms with Crippen molar-refractivity contribution in [2.24, 2.45) is 5.41 Å². The van der Waals surface area contributed by atoms with E-state index in [1.807, 2.05) is 0 Å². The van der Waals surface area contributed by atoms with Gasteiger partial charge in [0.1, 0.15) is 0 Å². The number of likely N-dealkylation sites (N-methyl/N-ethyl adjacent to an activating group) is 1. The molecule has 0 bridgehead atoms. The number of hydrogen-bond donors (Lipinski definition) is 0. The number of piperidine rings is 2. The van der Waals surface area contributed by atoms with Crippen LogP contribution < -0.4 is 0 Å². The molecule has 0 saturated carbocycles. The monoisotopic (exact) mass is 292 g/mol. The molecule has 0 unspecified atom stereocenters. The van der Waals surface area contributed by atoms with Crippen LogP contribution in [0.1, 0.15) is 25.7 Å². The zero-order valence-corrected chi connectivity index (χ0v) is 13.9. The van der Waals surface area contributed by atoms with Crippen molar-refractivity contribution in [2.45, 2.75) is 37.8 Å². The predicted octanol–water partition coefficient (Wildman–Crippen LogP) is 0.792. The Morgan fingerprint density at radius 1 is 0.619 bits per heavy atom. The van der Waals surface area contributed by atoms with Gasteiger partial charge < -0.3 is 9.80 Å². The summed E-state index contributed by atoms with van der Waals surface area (Å²) in [6.45, 7) is 10.7. The van der Waals surface area contributed by atoms with Crippen molar-refractivity contribution >= 4 is 0 Å². The lowest BCUT2D eigenvalue weighted by Crippen LogP contribution is -2.69. The van der Waals surface area contributed by atoms with Gasteiger partial charge in [-0.05, 0) is 71.4 Å². The average Bonchev–Trinajstić information content (AvgIpc) is 2.41. The molecular weight excluding hydrogens is 260 g/mol. The summed E-state index contributed by atoms with van der Waals surface area (Å²) in [6.07, 6.45) is 5.82. The minimum absolute atomic E-state index is 0.711. The molecule has 1 spiro atoms. The summed E-state index contributed by atoms with van der Waals surface area (Å²) in [6, 6.07) is 1.75. The molecule has 4 fully saturated rings. The fourth-order valence-electron chi connectivity index (χ4n) is 4.87. The Hall–Kier alpha value is -0.160. The maximum absolute atomic E-state index is 2.81. The quantitative estimate of drug-likeness (QED) is 0.746. The molecule has 0 aliphatic carbocycles. The summed E-state index contributed by atoms with van der Waals surface area (Å²) < 4.78 is 0. The van der Waals surface area contributed by atoms with Crippen molar-refractivity contribution in [3.05, 3.63) is 0 Å². The van der Waals surface area contributed by atoms with Gasteiger partial charge in [-0.1, -0.05) is 0 Å². The lowest BCUT2D eigenvalue weighted by atomic mass is 9.71. The third-order valence-electron chi connectivity index (χ3n) is 6.87. The summed E-state index contributed by atoms with van der Waals surface area (Å²) in [4.78, 5) is 10.5. The molecule has 0 aromatic carbocycles. The molecule has 0 N–H and O–H groups in total. The van der Waals surface area contributed by atoms with Crippen LogP contribution >= 0.6 is 0 Å². The zero-order chi connectivity index (χ0) is 14.4. The van der Waals surface area contributed by atoms with Crippen molar-refractivity contribution in [3.8, 4) is 0 Å². The minimum Gasteiger partial charge on any atom is -0.306 e. The van der Waals surface area contributed by atoms with Crippen molar-refractivity contribution in [1.29, 1.82) is 0 Å². The Morgan fingerprint density at radius 3 is 1.71 bits per heavy atom. The molecule has 4 nitrogen and oxygen atoms in total. The van der Waals surface area contributed by atoms with Gasteiger partial charge in [0.05, 0.1) is 0 Å². The van der Waals surface area contributed by atoms with Crippen LogP contribution in [0.5, 0.6) is 0 Å². The largest absolute Gasteiger partial charge is 0.306 e. The van der Waals surface area contributed by atoms with Crippen molar-refractivity contribution in [2.75, 3.05) is 66.5 Å². The highest BCUT2D eigenvalue weighted by molar-refractivity contribution is 4.99. The molecule has 4 saturated heterocycles. The van der Waals surface area contributed by atoms with E-state index < -0.39 is 0 Å². The van der Waals surface area contributed by atoms with Gasteiger partial charge in [-0.25, -0.2) is 0 Å². The molecule has 4 rings (SSSR count).